The normalized spacial score (nSPS) is 16.0. The van der Waals surface area contributed by atoms with Crippen LogP contribution in [-0.4, -0.2) is 48.8 Å². The first-order chi connectivity index (χ1) is 16.0. The van der Waals surface area contributed by atoms with E-state index in [0.29, 0.717) is 25.3 Å². The first-order valence-corrected chi connectivity index (χ1v) is 11.7. The third kappa shape index (κ3) is 5.86. The Morgan fingerprint density at radius 2 is 1.91 bits per heavy atom. The smallest absolute Gasteiger partial charge is 0.320 e. The van der Waals surface area contributed by atoms with Crippen LogP contribution in [0.3, 0.4) is 0 Å². The fraction of sp³-hybridized carbons (Fsp3) is 0.269. The second-order valence-corrected chi connectivity index (χ2v) is 8.95. The molecule has 33 heavy (non-hydrogen) atoms. The number of ether oxygens (including phenoxy) is 2. The molecule has 0 saturated carbocycles. The molecule has 7 heteroatoms. The van der Waals surface area contributed by atoms with E-state index in [0.717, 1.165) is 39.6 Å². The Kier molecular flexibility index (Phi) is 7.52. The molecule has 1 aliphatic rings. The number of halogens is 1. The average Bonchev–Trinajstić information content (AvgIpc) is 3.29. The van der Waals surface area contributed by atoms with Gasteiger partial charge >= 0.3 is 5.97 Å². The van der Waals surface area contributed by atoms with Gasteiger partial charge in [-0.1, -0.05) is 36.0 Å². The minimum absolute atomic E-state index is 0.289. The van der Waals surface area contributed by atoms with Crippen molar-refractivity contribution in [3.63, 3.8) is 0 Å². The molecule has 0 spiro atoms. The van der Waals surface area contributed by atoms with Crippen molar-refractivity contribution >= 4 is 17.7 Å². The van der Waals surface area contributed by atoms with Crippen molar-refractivity contribution in [1.29, 1.82) is 0 Å². The van der Waals surface area contributed by atoms with Gasteiger partial charge in [0.25, 0.3) is 0 Å². The van der Waals surface area contributed by atoms with Gasteiger partial charge in [0.15, 0.2) is 0 Å². The number of hydrogen-bond donors (Lipinski definition) is 1. The number of carboxylic acid groups (broad SMARTS) is 1. The SMILES string of the molecule is COc1ccc(-c2ccc(OCCN3CCCC3C(=O)O)c(Sc3cccc(F)c3)c2)cc1. The number of carboxylic acids is 1. The molecule has 1 atom stereocenters. The van der Waals surface area contributed by atoms with Gasteiger partial charge in [-0.15, -0.1) is 0 Å². The number of methoxy groups -OCH3 is 1. The maximum Gasteiger partial charge on any atom is 0.320 e. The van der Waals surface area contributed by atoms with E-state index in [4.69, 9.17) is 9.47 Å². The molecular weight excluding hydrogens is 441 g/mol. The Bertz CT molecular complexity index is 1110. The summed E-state index contributed by atoms with van der Waals surface area (Å²) >= 11 is 1.44. The molecule has 0 radical (unpaired) electrons. The zero-order valence-corrected chi connectivity index (χ0v) is 19.2. The highest BCUT2D eigenvalue weighted by Crippen LogP contribution is 2.38. The summed E-state index contributed by atoms with van der Waals surface area (Å²) in [7, 11) is 1.63. The molecule has 1 saturated heterocycles. The monoisotopic (exact) mass is 467 g/mol. The number of rotatable bonds is 9. The minimum Gasteiger partial charge on any atom is -0.497 e. The fourth-order valence-electron chi connectivity index (χ4n) is 3.97. The number of likely N-dealkylation sites (tertiary alicyclic amines) is 1. The largest absolute Gasteiger partial charge is 0.497 e. The molecule has 1 N–H and O–H groups in total. The van der Waals surface area contributed by atoms with Crippen molar-refractivity contribution in [2.45, 2.75) is 28.7 Å². The Morgan fingerprint density at radius 1 is 1.12 bits per heavy atom. The Balaban J connectivity index is 1.54. The molecule has 1 fully saturated rings. The highest BCUT2D eigenvalue weighted by atomic mass is 32.2. The van der Waals surface area contributed by atoms with Crippen molar-refractivity contribution in [3.8, 4) is 22.6 Å². The molecule has 1 aliphatic heterocycles. The molecule has 0 bridgehead atoms. The second-order valence-electron chi connectivity index (χ2n) is 7.83. The van der Waals surface area contributed by atoms with Gasteiger partial charge in [-0.3, -0.25) is 9.69 Å². The molecule has 1 heterocycles. The van der Waals surface area contributed by atoms with Crippen LogP contribution >= 0.6 is 11.8 Å². The first kappa shape index (κ1) is 23.1. The van der Waals surface area contributed by atoms with Gasteiger partial charge < -0.3 is 14.6 Å². The maximum absolute atomic E-state index is 13.8. The summed E-state index contributed by atoms with van der Waals surface area (Å²) in [5.41, 5.74) is 2.04. The summed E-state index contributed by atoms with van der Waals surface area (Å²) in [5, 5.41) is 9.38. The lowest BCUT2D eigenvalue weighted by Gasteiger charge is -2.21. The summed E-state index contributed by atoms with van der Waals surface area (Å²) < 4.78 is 25.1. The number of carbonyl (C=O) groups is 1. The quantitative estimate of drug-likeness (QED) is 0.443. The molecule has 3 aromatic carbocycles. The van der Waals surface area contributed by atoms with Crippen molar-refractivity contribution < 1.29 is 23.8 Å². The van der Waals surface area contributed by atoms with Gasteiger partial charge in [-0.25, -0.2) is 4.39 Å². The van der Waals surface area contributed by atoms with Gasteiger partial charge in [0.05, 0.1) is 12.0 Å². The van der Waals surface area contributed by atoms with E-state index < -0.39 is 12.0 Å². The van der Waals surface area contributed by atoms with Gasteiger partial charge in [0.1, 0.15) is 30.0 Å². The fourth-order valence-corrected chi connectivity index (χ4v) is 4.96. The molecule has 0 aliphatic carbocycles. The van der Waals surface area contributed by atoms with Crippen LogP contribution in [0.1, 0.15) is 12.8 Å². The van der Waals surface area contributed by atoms with E-state index in [1.165, 1.54) is 23.9 Å². The third-order valence-electron chi connectivity index (χ3n) is 5.68. The number of benzene rings is 3. The van der Waals surface area contributed by atoms with E-state index >= 15 is 0 Å². The van der Waals surface area contributed by atoms with Crippen LogP contribution in [0.4, 0.5) is 4.39 Å². The minimum atomic E-state index is -0.779. The number of nitrogens with zero attached hydrogens (tertiary/aromatic N) is 1. The van der Waals surface area contributed by atoms with Gasteiger partial charge in [0, 0.05) is 11.4 Å². The van der Waals surface area contributed by atoms with Crippen LogP contribution in [0.2, 0.25) is 0 Å². The number of hydrogen-bond acceptors (Lipinski definition) is 5. The summed E-state index contributed by atoms with van der Waals surface area (Å²) in [6, 6.07) is 19.8. The summed E-state index contributed by atoms with van der Waals surface area (Å²) in [5.74, 6) is 0.406. The average molecular weight is 468 g/mol. The molecule has 5 nitrogen and oxygen atoms in total. The summed E-state index contributed by atoms with van der Waals surface area (Å²) in [4.78, 5) is 15.0. The lowest BCUT2D eigenvalue weighted by atomic mass is 10.1. The van der Waals surface area contributed by atoms with Crippen LogP contribution in [0.25, 0.3) is 11.1 Å². The van der Waals surface area contributed by atoms with Gasteiger partial charge in [-0.2, -0.15) is 0 Å². The van der Waals surface area contributed by atoms with E-state index in [1.807, 2.05) is 53.4 Å². The van der Waals surface area contributed by atoms with Gasteiger partial charge in [0.2, 0.25) is 0 Å². The second kappa shape index (κ2) is 10.7. The van der Waals surface area contributed by atoms with Gasteiger partial charge in [-0.05, 0) is 73.0 Å². The topological polar surface area (TPSA) is 59.0 Å². The first-order valence-electron chi connectivity index (χ1n) is 10.8. The highest BCUT2D eigenvalue weighted by molar-refractivity contribution is 7.99. The Hall–Kier alpha value is -3.03. The molecule has 0 amide bonds. The lowest BCUT2D eigenvalue weighted by molar-refractivity contribution is -0.142. The van der Waals surface area contributed by atoms with E-state index in [1.54, 1.807) is 13.2 Å². The van der Waals surface area contributed by atoms with Crippen LogP contribution in [0.15, 0.2) is 76.5 Å². The predicted octanol–water partition coefficient (Wildman–Crippen LogP) is 5.58. The van der Waals surface area contributed by atoms with Crippen LogP contribution in [0.5, 0.6) is 11.5 Å². The maximum atomic E-state index is 13.8. The van der Waals surface area contributed by atoms with Crippen molar-refractivity contribution in [3.05, 3.63) is 72.5 Å². The molecular formula is C26H26FNO4S. The van der Waals surface area contributed by atoms with Crippen LogP contribution in [0, 0.1) is 5.82 Å². The van der Waals surface area contributed by atoms with Crippen molar-refractivity contribution in [2.24, 2.45) is 0 Å². The molecule has 4 rings (SSSR count). The van der Waals surface area contributed by atoms with E-state index in [2.05, 4.69) is 0 Å². The Morgan fingerprint density at radius 3 is 2.64 bits per heavy atom. The molecule has 172 valence electrons. The van der Waals surface area contributed by atoms with Crippen molar-refractivity contribution in [2.75, 3.05) is 26.8 Å². The highest BCUT2D eigenvalue weighted by Gasteiger charge is 2.30. The lowest BCUT2D eigenvalue weighted by Crippen LogP contribution is -2.38. The Labute approximate surface area is 197 Å². The summed E-state index contributed by atoms with van der Waals surface area (Å²) in [6.07, 6.45) is 1.56. The molecule has 1 unspecified atom stereocenters. The van der Waals surface area contributed by atoms with Crippen molar-refractivity contribution in [1.82, 2.24) is 4.90 Å². The molecule has 0 aromatic heterocycles. The third-order valence-corrected chi connectivity index (χ3v) is 6.70. The zero-order chi connectivity index (χ0) is 23.2. The van der Waals surface area contributed by atoms with Crippen LogP contribution < -0.4 is 9.47 Å². The zero-order valence-electron chi connectivity index (χ0n) is 18.4. The van der Waals surface area contributed by atoms with E-state index in [9.17, 15) is 14.3 Å². The summed E-state index contributed by atoms with van der Waals surface area (Å²) in [6.45, 7) is 1.69. The molecule has 3 aromatic rings. The van der Waals surface area contributed by atoms with Crippen LogP contribution in [-0.2, 0) is 4.79 Å². The van der Waals surface area contributed by atoms with E-state index in [-0.39, 0.29) is 5.82 Å². The number of aliphatic carboxylic acids is 1. The standard InChI is InChI=1S/C26H26FNO4S/c1-31-21-10-7-18(8-11-21)19-9-12-24(25(16-19)33-22-5-2-4-20(27)17-22)32-15-14-28-13-3-6-23(28)26(29)30/h2,4-5,7-12,16-17,23H,3,6,13-15H2,1H3,(H,29,30). The predicted molar refractivity (Wildman–Crippen MR) is 127 cm³/mol.